The van der Waals surface area contributed by atoms with Crippen LogP contribution in [0.15, 0.2) is 18.2 Å². The summed E-state index contributed by atoms with van der Waals surface area (Å²) < 4.78 is 21.5. The molecule has 0 atom stereocenters. The monoisotopic (exact) mass is 232 g/mol. The minimum Gasteiger partial charge on any atom is -0.212 e. The fourth-order valence-electron chi connectivity index (χ4n) is 1.45. The number of hydrogen-bond acceptors (Lipinski definition) is 2. The highest BCUT2D eigenvalue weighted by molar-refractivity contribution is 8.13. The molecule has 0 saturated heterocycles. The summed E-state index contributed by atoms with van der Waals surface area (Å²) in [6.07, 6.45) is 0.481. The maximum absolute atomic E-state index is 10.7. The van der Waals surface area contributed by atoms with Crippen LogP contribution >= 0.6 is 10.7 Å². The van der Waals surface area contributed by atoms with Crippen molar-refractivity contribution in [2.24, 2.45) is 0 Å². The summed E-state index contributed by atoms with van der Waals surface area (Å²) in [5, 5.41) is 0. The topological polar surface area (TPSA) is 34.1 Å². The van der Waals surface area contributed by atoms with Crippen molar-refractivity contribution in [1.29, 1.82) is 0 Å². The Labute approximate surface area is 89.3 Å². The van der Waals surface area contributed by atoms with E-state index in [9.17, 15) is 8.42 Å². The summed E-state index contributed by atoms with van der Waals surface area (Å²) in [7, 11) is 1.76. The molecule has 0 bridgehead atoms. The average molecular weight is 233 g/mol. The molecule has 1 aromatic rings. The zero-order chi connectivity index (χ0) is 10.8. The maximum atomic E-state index is 10.7. The summed E-state index contributed by atoms with van der Waals surface area (Å²) in [6, 6.07) is 6.02. The van der Waals surface area contributed by atoms with Gasteiger partial charge in [-0.15, -0.1) is 0 Å². The van der Waals surface area contributed by atoms with Crippen LogP contribution in [0.1, 0.15) is 16.7 Å². The molecule has 4 heteroatoms. The van der Waals surface area contributed by atoms with E-state index in [4.69, 9.17) is 10.7 Å². The molecular weight excluding hydrogens is 220 g/mol. The van der Waals surface area contributed by atoms with Gasteiger partial charge in [-0.25, -0.2) is 8.42 Å². The number of hydrogen-bond donors (Lipinski definition) is 0. The summed E-state index contributed by atoms with van der Waals surface area (Å²) in [5.41, 5.74) is 3.31. The number of halogens is 1. The van der Waals surface area contributed by atoms with Gasteiger partial charge < -0.3 is 0 Å². The largest absolute Gasteiger partial charge is 0.232 e. The van der Waals surface area contributed by atoms with Crippen molar-refractivity contribution in [3.05, 3.63) is 34.9 Å². The van der Waals surface area contributed by atoms with E-state index >= 15 is 0 Å². The number of aryl methyl sites for hydroxylation is 3. The van der Waals surface area contributed by atoms with Gasteiger partial charge in [0, 0.05) is 10.7 Å². The minimum atomic E-state index is -3.38. The van der Waals surface area contributed by atoms with Crippen LogP contribution in [0.3, 0.4) is 0 Å². The lowest BCUT2D eigenvalue weighted by Crippen LogP contribution is -2.01. The van der Waals surface area contributed by atoms with Crippen molar-refractivity contribution in [1.82, 2.24) is 0 Å². The van der Waals surface area contributed by atoms with Crippen LogP contribution in [0.2, 0.25) is 0 Å². The molecule has 0 heterocycles. The van der Waals surface area contributed by atoms with E-state index < -0.39 is 9.05 Å². The molecule has 0 aliphatic carbocycles. The van der Waals surface area contributed by atoms with Crippen molar-refractivity contribution >= 4 is 19.7 Å². The van der Waals surface area contributed by atoms with Gasteiger partial charge in [0.2, 0.25) is 9.05 Å². The van der Waals surface area contributed by atoms with Crippen LogP contribution in [0, 0.1) is 13.8 Å². The fourth-order valence-corrected chi connectivity index (χ4v) is 2.16. The molecule has 0 N–H and O–H groups in total. The molecular formula is C10H13ClO2S. The Hall–Kier alpha value is -0.540. The molecule has 0 unspecified atom stereocenters. The summed E-state index contributed by atoms with van der Waals surface area (Å²) >= 11 is 0. The first-order valence-corrected chi connectivity index (χ1v) is 6.84. The number of rotatable bonds is 3. The minimum absolute atomic E-state index is 0.00253. The highest BCUT2D eigenvalue weighted by Crippen LogP contribution is 2.11. The first kappa shape index (κ1) is 11.5. The number of benzene rings is 1. The predicted molar refractivity (Wildman–Crippen MR) is 59.3 cm³/mol. The van der Waals surface area contributed by atoms with Crippen molar-refractivity contribution in [3.63, 3.8) is 0 Å². The molecule has 0 aliphatic rings. The molecule has 0 aliphatic heterocycles. The summed E-state index contributed by atoms with van der Waals surface area (Å²) in [4.78, 5) is 0. The van der Waals surface area contributed by atoms with Gasteiger partial charge in [0.1, 0.15) is 0 Å². The Bertz CT molecular complexity index is 403. The van der Waals surface area contributed by atoms with Gasteiger partial charge >= 0.3 is 0 Å². The lowest BCUT2D eigenvalue weighted by Gasteiger charge is -2.03. The summed E-state index contributed by atoms with van der Waals surface area (Å²) in [5.74, 6) is -0.00253. The van der Waals surface area contributed by atoms with Gasteiger partial charge in [-0.2, -0.15) is 0 Å². The zero-order valence-electron chi connectivity index (χ0n) is 8.25. The van der Waals surface area contributed by atoms with Gasteiger partial charge in [-0.3, -0.25) is 0 Å². The van der Waals surface area contributed by atoms with E-state index in [0.29, 0.717) is 6.42 Å². The van der Waals surface area contributed by atoms with E-state index in [2.05, 4.69) is 6.07 Å². The zero-order valence-corrected chi connectivity index (χ0v) is 9.82. The van der Waals surface area contributed by atoms with Crippen molar-refractivity contribution in [2.75, 3.05) is 5.75 Å². The summed E-state index contributed by atoms with van der Waals surface area (Å²) in [6.45, 7) is 3.98. The third-order valence-corrected chi connectivity index (χ3v) is 3.07. The second-order valence-corrected chi connectivity index (χ2v) is 6.39. The van der Waals surface area contributed by atoms with Crippen molar-refractivity contribution in [3.8, 4) is 0 Å². The second-order valence-electron chi connectivity index (χ2n) is 3.49. The van der Waals surface area contributed by atoms with Gasteiger partial charge in [0.05, 0.1) is 5.75 Å². The molecule has 0 saturated carbocycles. The van der Waals surface area contributed by atoms with Gasteiger partial charge in [-0.05, 0) is 25.8 Å². The molecule has 1 rings (SSSR count). The maximum Gasteiger partial charge on any atom is 0.232 e. The van der Waals surface area contributed by atoms with E-state index in [1.807, 2.05) is 26.0 Å². The lowest BCUT2D eigenvalue weighted by atomic mass is 10.1. The van der Waals surface area contributed by atoms with Crippen molar-refractivity contribution in [2.45, 2.75) is 20.3 Å². The SMILES string of the molecule is Cc1cc(C)cc(CCS(=O)(=O)Cl)c1. The van der Waals surface area contributed by atoms with Gasteiger partial charge in [-0.1, -0.05) is 29.3 Å². The fraction of sp³-hybridized carbons (Fsp3) is 0.400. The first-order valence-electron chi connectivity index (χ1n) is 4.36. The average Bonchev–Trinajstić information content (AvgIpc) is 1.97. The van der Waals surface area contributed by atoms with Gasteiger partial charge in [0.15, 0.2) is 0 Å². The van der Waals surface area contributed by atoms with Crippen LogP contribution in [0.4, 0.5) is 0 Å². The van der Waals surface area contributed by atoms with Gasteiger partial charge in [0.25, 0.3) is 0 Å². The molecule has 0 aromatic heterocycles. The third-order valence-electron chi connectivity index (χ3n) is 1.92. The molecule has 0 radical (unpaired) electrons. The van der Waals surface area contributed by atoms with Crippen LogP contribution in [0.25, 0.3) is 0 Å². The van der Waals surface area contributed by atoms with Crippen LogP contribution < -0.4 is 0 Å². The van der Waals surface area contributed by atoms with E-state index in [1.165, 1.54) is 0 Å². The third kappa shape index (κ3) is 4.11. The van der Waals surface area contributed by atoms with E-state index in [0.717, 1.165) is 16.7 Å². The second kappa shape index (κ2) is 4.32. The van der Waals surface area contributed by atoms with Crippen LogP contribution in [-0.2, 0) is 15.5 Å². The Morgan fingerprint density at radius 3 is 2.07 bits per heavy atom. The quantitative estimate of drug-likeness (QED) is 0.751. The normalized spacial score (nSPS) is 11.6. The molecule has 0 spiro atoms. The highest BCUT2D eigenvalue weighted by Gasteiger charge is 2.05. The van der Waals surface area contributed by atoms with Crippen LogP contribution in [-0.4, -0.2) is 14.2 Å². The molecule has 0 amide bonds. The smallest absolute Gasteiger partial charge is 0.212 e. The molecule has 2 nitrogen and oxygen atoms in total. The Balaban J connectivity index is 2.78. The van der Waals surface area contributed by atoms with E-state index in [1.54, 1.807) is 0 Å². The van der Waals surface area contributed by atoms with Crippen LogP contribution in [0.5, 0.6) is 0 Å². The van der Waals surface area contributed by atoms with E-state index in [-0.39, 0.29) is 5.75 Å². The molecule has 0 fully saturated rings. The molecule has 1 aromatic carbocycles. The highest BCUT2D eigenvalue weighted by atomic mass is 35.7. The lowest BCUT2D eigenvalue weighted by molar-refractivity contribution is 0.609. The Kier molecular flexibility index (Phi) is 3.56. The van der Waals surface area contributed by atoms with Crippen molar-refractivity contribution < 1.29 is 8.42 Å². The Morgan fingerprint density at radius 1 is 1.14 bits per heavy atom. The predicted octanol–water partition coefficient (Wildman–Crippen LogP) is 2.41. The Morgan fingerprint density at radius 2 is 1.64 bits per heavy atom. The standard InChI is InChI=1S/C10H13ClO2S/c1-8-5-9(2)7-10(6-8)3-4-14(11,12)13/h5-7H,3-4H2,1-2H3. The molecule has 78 valence electrons. The first-order chi connectivity index (χ1) is 6.37. The molecule has 14 heavy (non-hydrogen) atoms.